The highest BCUT2D eigenvalue weighted by Gasteiger charge is 2.32. The molecule has 0 bridgehead atoms. The van der Waals surface area contributed by atoms with Gasteiger partial charge >= 0.3 is 0 Å². The van der Waals surface area contributed by atoms with Gasteiger partial charge in [-0.2, -0.15) is 0 Å². The lowest BCUT2D eigenvalue weighted by Gasteiger charge is -2.25. The minimum Gasteiger partial charge on any atom is -0.376 e. The van der Waals surface area contributed by atoms with E-state index < -0.39 is 0 Å². The minimum atomic E-state index is 0.198. The first kappa shape index (κ1) is 10.5. The van der Waals surface area contributed by atoms with Gasteiger partial charge in [0, 0.05) is 24.6 Å². The lowest BCUT2D eigenvalue weighted by atomic mass is 9.94. The molecule has 0 spiro atoms. The van der Waals surface area contributed by atoms with Gasteiger partial charge in [0.1, 0.15) is 6.33 Å². The van der Waals surface area contributed by atoms with E-state index in [0.29, 0.717) is 5.92 Å². The maximum absolute atomic E-state index is 5.75. The highest BCUT2D eigenvalue weighted by atomic mass is 16.5. The lowest BCUT2D eigenvalue weighted by Crippen LogP contribution is -2.32. The molecule has 3 unspecified atom stereocenters. The van der Waals surface area contributed by atoms with Gasteiger partial charge in [-0.3, -0.25) is 0 Å². The summed E-state index contributed by atoms with van der Waals surface area (Å²) in [5.41, 5.74) is 1.10. The van der Waals surface area contributed by atoms with E-state index in [4.69, 9.17) is 4.74 Å². The van der Waals surface area contributed by atoms with Crippen LogP contribution in [0.2, 0.25) is 0 Å². The summed E-state index contributed by atoms with van der Waals surface area (Å²) in [5, 5.41) is 3.29. The van der Waals surface area contributed by atoms with E-state index >= 15 is 0 Å². The van der Waals surface area contributed by atoms with Gasteiger partial charge in [-0.25, -0.2) is 9.97 Å². The van der Waals surface area contributed by atoms with Gasteiger partial charge in [-0.15, -0.1) is 0 Å². The molecule has 4 nitrogen and oxygen atoms in total. The molecule has 2 heterocycles. The van der Waals surface area contributed by atoms with Crippen molar-refractivity contribution < 1.29 is 4.74 Å². The van der Waals surface area contributed by atoms with Crippen molar-refractivity contribution in [2.75, 3.05) is 13.7 Å². The Morgan fingerprint density at radius 2 is 2.20 bits per heavy atom. The minimum absolute atomic E-state index is 0.198. The Morgan fingerprint density at radius 1 is 1.47 bits per heavy atom. The molecule has 1 aliphatic rings. The summed E-state index contributed by atoms with van der Waals surface area (Å²) in [6, 6.07) is 0.198. The number of ether oxygens (including phenoxy) is 1. The van der Waals surface area contributed by atoms with E-state index in [0.717, 1.165) is 18.6 Å². The Kier molecular flexibility index (Phi) is 3.28. The summed E-state index contributed by atoms with van der Waals surface area (Å²) < 4.78 is 5.75. The summed E-state index contributed by atoms with van der Waals surface area (Å²) in [6.07, 6.45) is 6.62. The molecule has 4 heteroatoms. The predicted octanol–water partition coefficient (Wildman–Crippen LogP) is 1.16. The SMILES string of the molecule is CNC(c1cncnc1)C1OCCC1C. The van der Waals surface area contributed by atoms with E-state index in [-0.39, 0.29) is 12.1 Å². The molecule has 0 aromatic carbocycles. The second-order valence-corrected chi connectivity index (χ2v) is 4.04. The fourth-order valence-electron chi connectivity index (χ4n) is 2.14. The first-order valence-corrected chi connectivity index (χ1v) is 5.36. The Labute approximate surface area is 90.1 Å². The molecule has 0 aliphatic carbocycles. The molecule has 1 saturated heterocycles. The van der Waals surface area contributed by atoms with E-state index in [1.807, 2.05) is 19.4 Å². The van der Waals surface area contributed by atoms with E-state index in [1.165, 1.54) is 0 Å². The Morgan fingerprint density at radius 3 is 2.73 bits per heavy atom. The van der Waals surface area contributed by atoms with Crippen molar-refractivity contribution in [3.05, 3.63) is 24.3 Å². The summed E-state index contributed by atoms with van der Waals surface area (Å²) in [4.78, 5) is 8.09. The molecule has 1 N–H and O–H groups in total. The van der Waals surface area contributed by atoms with Crippen molar-refractivity contribution in [3.8, 4) is 0 Å². The van der Waals surface area contributed by atoms with Gasteiger partial charge < -0.3 is 10.1 Å². The van der Waals surface area contributed by atoms with Crippen molar-refractivity contribution in [2.24, 2.45) is 5.92 Å². The molecule has 1 aliphatic heterocycles. The number of rotatable bonds is 3. The van der Waals surface area contributed by atoms with Crippen molar-refractivity contribution in [1.82, 2.24) is 15.3 Å². The fourth-order valence-corrected chi connectivity index (χ4v) is 2.14. The van der Waals surface area contributed by atoms with E-state index in [1.54, 1.807) is 6.33 Å². The number of likely N-dealkylation sites (N-methyl/N-ethyl adjacent to an activating group) is 1. The number of hydrogen-bond donors (Lipinski definition) is 1. The molecule has 1 aromatic rings. The zero-order chi connectivity index (χ0) is 10.7. The molecule has 82 valence electrons. The first-order valence-electron chi connectivity index (χ1n) is 5.36. The van der Waals surface area contributed by atoms with Crippen LogP contribution in [0.5, 0.6) is 0 Å². The summed E-state index contributed by atoms with van der Waals surface area (Å²) >= 11 is 0. The average molecular weight is 207 g/mol. The topological polar surface area (TPSA) is 47.0 Å². The molecule has 2 rings (SSSR count). The molecule has 0 saturated carbocycles. The maximum atomic E-state index is 5.75. The Balaban J connectivity index is 2.17. The number of nitrogens with zero attached hydrogens (tertiary/aromatic N) is 2. The van der Waals surface area contributed by atoms with E-state index in [2.05, 4.69) is 22.2 Å². The molecule has 1 fully saturated rings. The number of nitrogens with one attached hydrogen (secondary N) is 1. The molecule has 3 atom stereocenters. The number of hydrogen-bond acceptors (Lipinski definition) is 4. The first-order chi connectivity index (χ1) is 7.33. The van der Waals surface area contributed by atoms with Crippen LogP contribution in [0.4, 0.5) is 0 Å². The van der Waals surface area contributed by atoms with Crippen LogP contribution in [0.3, 0.4) is 0 Å². The van der Waals surface area contributed by atoms with Crippen LogP contribution >= 0.6 is 0 Å². The third-order valence-electron chi connectivity index (χ3n) is 3.02. The monoisotopic (exact) mass is 207 g/mol. The highest BCUT2D eigenvalue weighted by Crippen LogP contribution is 2.30. The molecule has 1 aromatic heterocycles. The van der Waals surface area contributed by atoms with Gasteiger partial charge in [0.15, 0.2) is 0 Å². The van der Waals surface area contributed by atoms with Crippen LogP contribution in [0.15, 0.2) is 18.7 Å². The summed E-state index contributed by atoms with van der Waals surface area (Å²) in [5.74, 6) is 0.586. The van der Waals surface area contributed by atoms with Crippen LogP contribution in [0.1, 0.15) is 24.9 Å². The third kappa shape index (κ3) is 2.16. The second kappa shape index (κ2) is 4.68. The van der Waals surface area contributed by atoms with Gasteiger partial charge in [0.2, 0.25) is 0 Å². The van der Waals surface area contributed by atoms with Crippen LogP contribution in [0, 0.1) is 5.92 Å². The Hall–Kier alpha value is -1.00. The highest BCUT2D eigenvalue weighted by molar-refractivity contribution is 5.12. The zero-order valence-electron chi connectivity index (χ0n) is 9.18. The standard InChI is InChI=1S/C11H17N3O/c1-8-3-4-15-11(8)10(12-2)9-5-13-7-14-6-9/h5-8,10-12H,3-4H2,1-2H3. The molecular weight excluding hydrogens is 190 g/mol. The van der Waals surface area contributed by atoms with Crippen LogP contribution in [-0.2, 0) is 4.74 Å². The van der Waals surface area contributed by atoms with Crippen molar-refractivity contribution in [3.63, 3.8) is 0 Å². The predicted molar refractivity (Wildman–Crippen MR) is 57.4 cm³/mol. The largest absolute Gasteiger partial charge is 0.376 e. The van der Waals surface area contributed by atoms with Crippen LogP contribution in [-0.4, -0.2) is 29.7 Å². The quantitative estimate of drug-likeness (QED) is 0.808. The van der Waals surface area contributed by atoms with Gasteiger partial charge in [0.05, 0.1) is 12.1 Å². The third-order valence-corrected chi connectivity index (χ3v) is 3.02. The zero-order valence-corrected chi connectivity index (χ0v) is 9.18. The normalized spacial score (nSPS) is 27.9. The number of aromatic nitrogens is 2. The van der Waals surface area contributed by atoms with Crippen LogP contribution < -0.4 is 5.32 Å². The fraction of sp³-hybridized carbons (Fsp3) is 0.636. The van der Waals surface area contributed by atoms with Gasteiger partial charge in [-0.05, 0) is 19.4 Å². The van der Waals surface area contributed by atoms with Gasteiger partial charge in [-0.1, -0.05) is 6.92 Å². The van der Waals surface area contributed by atoms with Gasteiger partial charge in [0.25, 0.3) is 0 Å². The Bertz CT molecular complexity index is 304. The molecule has 0 radical (unpaired) electrons. The maximum Gasteiger partial charge on any atom is 0.115 e. The second-order valence-electron chi connectivity index (χ2n) is 4.04. The van der Waals surface area contributed by atoms with Crippen molar-refractivity contribution >= 4 is 0 Å². The van der Waals surface area contributed by atoms with Crippen molar-refractivity contribution in [2.45, 2.75) is 25.5 Å². The average Bonchev–Trinajstić information content (AvgIpc) is 2.68. The summed E-state index contributed by atoms with van der Waals surface area (Å²) in [6.45, 7) is 3.09. The molecule has 15 heavy (non-hydrogen) atoms. The van der Waals surface area contributed by atoms with Crippen molar-refractivity contribution in [1.29, 1.82) is 0 Å². The summed E-state index contributed by atoms with van der Waals surface area (Å²) in [7, 11) is 1.95. The van der Waals surface area contributed by atoms with Crippen LogP contribution in [0.25, 0.3) is 0 Å². The molecule has 0 amide bonds. The smallest absolute Gasteiger partial charge is 0.115 e. The van der Waals surface area contributed by atoms with E-state index in [9.17, 15) is 0 Å². The molecular formula is C11H17N3O. The lowest BCUT2D eigenvalue weighted by molar-refractivity contribution is 0.0629.